The first-order valence-electron chi connectivity index (χ1n) is 21.1. The van der Waals surface area contributed by atoms with Gasteiger partial charge in [-0.15, -0.1) is 0 Å². The van der Waals surface area contributed by atoms with Crippen molar-refractivity contribution in [3.8, 4) is 17.9 Å². The quantitative estimate of drug-likeness (QED) is 0.132. The number of rotatable bonds is 14. The summed E-state index contributed by atoms with van der Waals surface area (Å²) in [4.78, 5) is 59.3. The zero-order chi connectivity index (χ0) is 43.6. The number of anilines is 4. The van der Waals surface area contributed by atoms with E-state index >= 15 is 0 Å². The molecule has 4 aliphatic rings. The molecule has 61 heavy (non-hydrogen) atoms. The van der Waals surface area contributed by atoms with Crippen LogP contribution in [0, 0.1) is 22.7 Å². The number of hydrogen-bond acceptors (Lipinski definition) is 11. The van der Waals surface area contributed by atoms with Crippen LogP contribution < -0.4 is 30.5 Å². The molecule has 3 aromatic rings. The van der Waals surface area contributed by atoms with Crippen molar-refractivity contribution in [1.29, 1.82) is 10.5 Å². The van der Waals surface area contributed by atoms with Crippen LogP contribution in [-0.2, 0) is 25.6 Å². The van der Waals surface area contributed by atoms with E-state index in [-0.39, 0.29) is 42.8 Å². The predicted molar refractivity (Wildman–Crippen MR) is 237 cm³/mol. The largest absolute Gasteiger partial charge is 0.492 e. The van der Waals surface area contributed by atoms with Crippen molar-refractivity contribution in [3.63, 3.8) is 0 Å². The van der Waals surface area contributed by atoms with Crippen LogP contribution in [0.4, 0.5) is 22.7 Å². The van der Waals surface area contributed by atoms with E-state index in [2.05, 4.69) is 64.7 Å². The topological polar surface area (TPSA) is 174 Å². The van der Waals surface area contributed by atoms with Crippen molar-refractivity contribution in [2.24, 2.45) is 0 Å². The Kier molecular flexibility index (Phi) is 12.8. The summed E-state index contributed by atoms with van der Waals surface area (Å²) in [7, 11) is 0. The molecule has 7 rings (SSSR count). The minimum Gasteiger partial charge on any atom is -0.492 e. The number of nitrogens with one attached hydrogen (secondary N) is 3. The maximum Gasteiger partial charge on any atom is 0.259 e. The highest BCUT2D eigenvalue weighted by molar-refractivity contribution is 7.81. The maximum atomic E-state index is 14.0. The summed E-state index contributed by atoms with van der Waals surface area (Å²) >= 11 is 6.02. The molecule has 3 heterocycles. The Morgan fingerprint density at radius 3 is 2.34 bits per heavy atom. The summed E-state index contributed by atoms with van der Waals surface area (Å²) < 4.78 is 6.48. The van der Waals surface area contributed by atoms with Crippen LogP contribution >= 0.6 is 12.2 Å². The van der Waals surface area contributed by atoms with E-state index in [0.29, 0.717) is 58.8 Å². The number of aryl methyl sites for hydroxylation is 1. The third-order valence-corrected chi connectivity index (χ3v) is 12.4. The van der Waals surface area contributed by atoms with Crippen LogP contribution in [0.5, 0.6) is 5.75 Å². The lowest BCUT2D eigenvalue weighted by atomic mass is 10.0. The van der Waals surface area contributed by atoms with Crippen molar-refractivity contribution in [1.82, 2.24) is 15.1 Å². The normalized spacial score (nSPS) is 21.8. The van der Waals surface area contributed by atoms with E-state index in [0.717, 1.165) is 61.3 Å². The third kappa shape index (κ3) is 9.39. The minimum absolute atomic E-state index is 0.0865. The molecule has 3 aromatic carbocycles. The lowest BCUT2D eigenvalue weighted by Gasteiger charge is -2.44. The number of nitriles is 2. The van der Waals surface area contributed by atoms with E-state index < -0.39 is 17.5 Å². The maximum absolute atomic E-state index is 14.0. The van der Waals surface area contributed by atoms with Gasteiger partial charge in [0, 0.05) is 55.2 Å². The molecule has 3 atom stereocenters. The Bertz CT molecular complexity index is 2320. The molecule has 0 aromatic heterocycles. The van der Waals surface area contributed by atoms with Crippen LogP contribution in [0.25, 0.3) is 0 Å². The molecule has 1 saturated carbocycles. The van der Waals surface area contributed by atoms with E-state index in [4.69, 9.17) is 17.0 Å². The molecule has 4 fully saturated rings. The number of thiocarbonyl (C=S) groups is 1. The van der Waals surface area contributed by atoms with Gasteiger partial charge >= 0.3 is 0 Å². The number of piperidine rings is 1. The van der Waals surface area contributed by atoms with Crippen molar-refractivity contribution in [2.75, 3.05) is 53.2 Å². The molecule has 4 amide bonds. The molecule has 3 saturated heterocycles. The smallest absolute Gasteiger partial charge is 0.259 e. The highest BCUT2D eigenvalue weighted by Crippen LogP contribution is 2.47. The van der Waals surface area contributed by atoms with Gasteiger partial charge in [0.1, 0.15) is 23.9 Å². The predicted octanol–water partition coefficient (Wildman–Crippen LogP) is 5.81. The van der Waals surface area contributed by atoms with Gasteiger partial charge in [-0.1, -0.05) is 13.3 Å². The Morgan fingerprint density at radius 2 is 1.67 bits per heavy atom. The average molecular weight is 844 g/mol. The van der Waals surface area contributed by atoms with Gasteiger partial charge in [0.05, 0.1) is 35.5 Å². The van der Waals surface area contributed by atoms with Crippen LogP contribution in [0.1, 0.15) is 94.9 Å². The number of piperazine rings is 1. The zero-order valence-electron chi connectivity index (χ0n) is 35.4. The number of benzene rings is 3. The number of carbonyl (C=O) groups is 4. The molecule has 0 radical (unpaired) electrons. The summed E-state index contributed by atoms with van der Waals surface area (Å²) in [6.07, 6.45) is 4.31. The van der Waals surface area contributed by atoms with Crippen LogP contribution in [0.15, 0.2) is 54.6 Å². The summed E-state index contributed by atoms with van der Waals surface area (Å²) in [5, 5.41) is 28.0. The molecule has 15 heteroatoms. The summed E-state index contributed by atoms with van der Waals surface area (Å²) in [5.41, 5.74) is 4.48. The highest BCUT2D eigenvalue weighted by Gasteiger charge is 2.50. The second-order valence-electron chi connectivity index (χ2n) is 17.1. The lowest BCUT2D eigenvalue weighted by Crippen LogP contribution is -2.58. The first-order chi connectivity index (χ1) is 29.2. The standard InChI is InChI=1S/C46H53N9O5S/c1-6-7-32-20-36(11-10-33(32)24-48)54-44(59)46(4,5)55(45(54)61)37-12-14-40(38(22-37)31-8-9-31)60-17-16-52-25-28(2)53(29(3)26-52)27-42(57)50-35-19-30(23-47)18-34(21-35)49-39-13-15-41(56)51-43(39)58/h10-12,14,18-22,28-29,31,39,49H,6-9,13,15-17,25-27H2,1-5H3,(H,50,57)(H,51,56,58)/t28-,29+,39?. The summed E-state index contributed by atoms with van der Waals surface area (Å²) in [6, 6.07) is 20.4. The molecule has 1 unspecified atom stereocenters. The molecule has 1 aliphatic carbocycles. The van der Waals surface area contributed by atoms with Crippen LogP contribution in [0.2, 0.25) is 0 Å². The molecule has 0 spiro atoms. The summed E-state index contributed by atoms with van der Waals surface area (Å²) in [5.74, 6) is 0.149. The number of imide groups is 1. The van der Waals surface area contributed by atoms with Crippen molar-refractivity contribution in [3.05, 3.63) is 76.9 Å². The zero-order valence-corrected chi connectivity index (χ0v) is 36.2. The van der Waals surface area contributed by atoms with Crippen LogP contribution in [0.3, 0.4) is 0 Å². The fourth-order valence-corrected chi connectivity index (χ4v) is 9.29. The monoisotopic (exact) mass is 843 g/mol. The second kappa shape index (κ2) is 18.0. The van der Waals surface area contributed by atoms with Gasteiger partial charge in [0.2, 0.25) is 17.7 Å². The lowest BCUT2D eigenvalue weighted by molar-refractivity contribution is -0.133. The number of hydrogen-bond donors (Lipinski definition) is 3. The minimum atomic E-state index is -0.932. The molecular weight excluding hydrogens is 791 g/mol. The van der Waals surface area contributed by atoms with Gasteiger partial charge in [-0.25, -0.2) is 0 Å². The number of ether oxygens (including phenoxy) is 1. The molecule has 3 N–H and O–H groups in total. The van der Waals surface area contributed by atoms with Crippen LogP contribution in [-0.4, -0.2) is 95.0 Å². The SMILES string of the molecule is CCCc1cc(N2C(=O)C(C)(C)N(c3ccc(OCCN4C[C@@H](C)N(CC(=O)Nc5cc(C#N)cc(NC6CCC(=O)NC6=O)c5)[C@@H](C)C4)c(C4CC4)c3)C2=S)ccc1C#N. The Hall–Kier alpha value is -5.87. The first-order valence-corrected chi connectivity index (χ1v) is 21.5. The van der Waals surface area contributed by atoms with Gasteiger partial charge < -0.3 is 20.3 Å². The number of carbonyl (C=O) groups excluding carboxylic acids is 4. The van der Waals surface area contributed by atoms with E-state index in [1.807, 2.05) is 36.9 Å². The Balaban J connectivity index is 0.949. The van der Waals surface area contributed by atoms with Gasteiger partial charge in [-0.2, -0.15) is 10.5 Å². The van der Waals surface area contributed by atoms with E-state index in [1.165, 1.54) is 0 Å². The molecule has 0 bridgehead atoms. The number of amides is 4. The fraction of sp³-hybridized carbons (Fsp3) is 0.457. The van der Waals surface area contributed by atoms with Gasteiger partial charge in [-0.05, 0) is 137 Å². The second-order valence-corrected chi connectivity index (χ2v) is 17.5. The first kappa shape index (κ1) is 43.2. The molecule has 3 aliphatic heterocycles. The van der Waals surface area contributed by atoms with Crippen molar-refractivity contribution >= 4 is 63.7 Å². The third-order valence-electron chi connectivity index (χ3n) is 12.0. The van der Waals surface area contributed by atoms with Gasteiger partial charge in [0.15, 0.2) is 5.11 Å². The van der Waals surface area contributed by atoms with E-state index in [9.17, 15) is 29.7 Å². The Morgan fingerprint density at radius 1 is 0.951 bits per heavy atom. The highest BCUT2D eigenvalue weighted by atomic mass is 32.1. The Labute approximate surface area is 362 Å². The molecule has 318 valence electrons. The number of nitrogens with zero attached hydrogens (tertiary/aromatic N) is 6. The molecule has 14 nitrogen and oxygen atoms in total. The summed E-state index contributed by atoms with van der Waals surface area (Å²) in [6.45, 7) is 13.0. The van der Waals surface area contributed by atoms with Gasteiger partial charge in [-0.3, -0.25) is 39.2 Å². The van der Waals surface area contributed by atoms with Crippen molar-refractivity contribution in [2.45, 2.75) is 103 Å². The van der Waals surface area contributed by atoms with E-state index in [1.54, 1.807) is 35.2 Å². The fourth-order valence-electron chi connectivity index (χ4n) is 8.77. The molecular formula is C46H53N9O5S. The average Bonchev–Trinajstić information content (AvgIpc) is 4.04. The van der Waals surface area contributed by atoms with Gasteiger partial charge in [0.25, 0.3) is 5.91 Å². The van der Waals surface area contributed by atoms with Crippen molar-refractivity contribution < 1.29 is 23.9 Å².